The molecule has 0 aliphatic carbocycles. The van der Waals surface area contributed by atoms with Crippen molar-refractivity contribution in [3.8, 4) is 11.5 Å². The lowest BCUT2D eigenvalue weighted by atomic mass is 9.75. The third-order valence-corrected chi connectivity index (χ3v) is 8.65. The Labute approximate surface area is 272 Å². The van der Waals surface area contributed by atoms with E-state index in [1.54, 1.807) is 58.4 Å². The maximum absolute atomic E-state index is 13.5. The highest BCUT2D eigenvalue weighted by Crippen LogP contribution is 2.43. The zero-order valence-electron chi connectivity index (χ0n) is 26.5. The highest BCUT2D eigenvalue weighted by Gasteiger charge is 2.44. The van der Waals surface area contributed by atoms with Gasteiger partial charge in [-0.3, -0.25) is 9.79 Å². The van der Waals surface area contributed by atoms with Gasteiger partial charge in [-0.05, 0) is 44.4 Å². The fourth-order valence-electron chi connectivity index (χ4n) is 6.02. The first-order valence-electron chi connectivity index (χ1n) is 15.0. The predicted octanol–water partition coefficient (Wildman–Crippen LogP) is 4.73. The van der Waals surface area contributed by atoms with Gasteiger partial charge in [-0.1, -0.05) is 29.8 Å². The van der Waals surface area contributed by atoms with Crippen molar-refractivity contribution in [2.24, 2.45) is 10.9 Å². The van der Waals surface area contributed by atoms with Crippen LogP contribution in [0.1, 0.15) is 38.2 Å². The normalized spacial score (nSPS) is 18.7. The lowest BCUT2D eigenvalue weighted by Gasteiger charge is -2.34. The van der Waals surface area contributed by atoms with E-state index in [2.05, 4.69) is 9.88 Å². The number of carbonyl (C=O) groups excluding carboxylic acids is 2. The van der Waals surface area contributed by atoms with Crippen LogP contribution in [0.3, 0.4) is 0 Å². The molecule has 2 aromatic carbocycles. The number of nitrogens with two attached hydrogens (primary N) is 1. The van der Waals surface area contributed by atoms with Gasteiger partial charge in [0.15, 0.2) is 11.5 Å². The smallest absolute Gasteiger partial charge is 0.336 e. The number of piperidine rings is 1. The molecule has 3 heterocycles. The molecule has 2 unspecified atom stereocenters. The van der Waals surface area contributed by atoms with E-state index in [9.17, 15) is 9.59 Å². The SMILES string of the molecule is CCOC(=O)C1=C(COC2CCN(c3nc(N)c4cc(OC)c(OC)cc4n3)CC2)N=C(C)C(C(=O)OC)C1c1ccccc1Cl. The first-order chi connectivity index (χ1) is 22.2. The van der Waals surface area contributed by atoms with E-state index in [-0.39, 0.29) is 24.9 Å². The van der Waals surface area contributed by atoms with Crippen molar-refractivity contribution in [3.05, 3.63) is 58.3 Å². The minimum absolute atomic E-state index is 0.0477. The summed E-state index contributed by atoms with van der Waals surface area (Å²) < 4.78 is 27.8. The molecular weight excluding hydrogens is 614 g/mol. The second-order valence-electron chi connectivity index (χ2n) is 11.0. The van der Waals surface area contributed by atoms with E-state index >= 15 is 0 Å². The number of rotatable bonds is 10. The quantitative estimate of drug-likeness (QED) is 0.303. The Morgan fingerprint density at radius 1 is 1.04 bits per heavy atom. The van der Waals surface area contributed by atoms with Crippen LogP contribution in [0.5, 0.6) is 11.5 Å². The van der Waals surface area contributed by atoms with E-state index in [0.717, 1.165) is 0 Å². The van der Waals surface area contributed by atoms with Crippen molar-refractivity contribution in [2.45, 2.75) is 38.7 Å². The Morgan fingerprint density at radius 3 is 2.39 bits per heavy atom. The average Bonchev–Trinajstić information content (AvgIpc) is 3.06. The number of aliphatic imine (C=N–C) groups is 1. The molecule has 5 rings (SSSR count). The molecule has 2 aliphatic heterocycles. The molecule has 0 saturated carbocycles. The van der Waals surface area contributed by atoms with Gasteiger partial charge >= 0.3 is 11.9 Å². The van der Waals surface area contributed by atoms with Gasteiger partial charge in [0.2, 0.25) is 5.95 Å². The van der Waals surface area contributed by atoms with Crippen molar-refractivity contribution in [2.75, 3.05) is 58.3 Å². The fraction of sp³-hybridized carbons (Fsp3) is 0.424. The molecule has 2 N–H and O–H groups in total. The highest BCUT2D eigenvalue weighted by atomic mass is 35.5. The summed E-state index contributed by atoms with van der Waals surface area (Å²) in [6, 6.07) is 10.7. The van der Waals surface area contributed by atoms with Crippen LogP contribution in [0.2, 0.25) is 5.02 Å². The van der Waals surface area contributed by atoms with Crippen LogP contribution in [0.4, 0.5) is 11.8 Å². The first kappa shape index (κ1) is 33.0. The van der Waals surface area contributed by atoms with Crippen LogP contribution in [0.15, 0.2) is 52.7 Å². The Hall–Kier alpha value is -4.42. The lowest BCUT2D eigenvalue weighted by Crippen LogP contribution is -2.39. The number of nitrogen functional groups attached to an aromatic ring is 1. The number of halogens is 1. The number of anilines is 2. The highest BCUT2D eigenvalue weighted by molar-refractivity contribution is 6.31. The Balaban J connectivity index is 1.37. The molecule has 2 atom stereocenters. The largest absolute Gasteiger partial charge is 0.493 e. The Bertz CT molecular complexity index is 1690. The van der Waals surface area contributed by atoms with Crippen LogP contribution < -0.4 is 20.1 Å². The van der Waals surface area contributed by atoms with Gasteiger partial charge in [0, 0.05) is 41.2 Å². The minimum Gasteiger partial charge on any atom is -0.493 e. The van der Waals surface area contributed by atoms with E-state index < -0.39 is 23.8 Å². The summed E-state index contributed by atoms with van der Waals surface area (Å²) in [6.45, 7) is 4.92. The molecule has 0 radical (unpaired) electrons. The molecule has 0 spiro atoms. The third kappa shape index (κ3) is 6.59. The van der Waals surface area contributed by atoms with Crippen molar-refractivity contribution >= 4 is 51.9 Å². The number of benzene rings is 2. The van der Waals surface area contributed by atoms with Crippen LogP contribution in [0, 0.1) is 5.92 Å². The van der Waals surface area contributed by atoms with Gasteiger partial charge in [0.25, 0.3) is 0 Å². The van der Waals surface area contributed by atoms with Crippen molar-refractivity contribution in [1.29, 1.82) is 0 Å². The van der Waals surface area contributed by atoms with E-state index in [1.807, 2.05) is 6.07 Å². The molecule has 3 aromatic rings. The number of hydrogen-bond acceptors (Lipinski definition) is 12. The third-order valence-electron chi connectivity index (χ3n) is 8.31. The minimum atomic E-state index is -0.855. The molecule has 1 aromatic heterocycles. The lowest BCUT2D eigenvalue weighted by molar-refractivity contribution is -0.144. The molecule has 244 valence electrons. The predicted molar refractivity (Wildman–Crippen MR) is 175 cm³/mol. The molecule has 0 amide bonds. The van der Waals surface area contributed by atoms with Crippen LogP contribution in [-0.2, 0) is 23.8 Å². The van der Waals surface area contributed by atoms with E-state index in [4.69, 9.17) is 51.0 Å². The second-order valence-corrected chi connectivity index (χ2v) is 11.4. The van der Waals surface area contributed by atoms with Crippen LogP contribution >= 0.6 is 11.6 Å². The first-order valence-corrected chi connectivity index (χ1v) is 15.4. The van der Waals surface area contributed by atoms with Crippen molar-refractivity contribution < 1.29 is 33.3 Å². The maximum Gasteiger partial charge on any atom is 0.336 e. The number of hydrogen-bond donors (Lipinski definition) is 1. The molecule has 2 aliphatic rings. The summed E-state index contributed by atoms with van der Waals surface area (Å²) in [6.07, 6.45) is 1.23. The van der Waals surface area contributed by atoms with Gasteiger partial charge in [0.1, 0.15) is 11.7 Å². The number of carbonyl (C=O) groups is 2. The zero-order chi connectivity index (χ0) is 33.0. The van der Waals surface area contributed by atoms with Crippen molar-refractivity contribution in [3.63, 3.8) is 0 Å². The number of esters is 2. The monoisotopic (exact) mass is 651 g/mol. The Kier molecular flexibility index (Phi) is 10.3. The number of methoxy groups -OCH3 is 3. The van der Waals surface area contributed by atoms with Crippen molar-refractivity contribution in [1.82, 2.24) is 9.97 Å². The standard InChI is InChI=1S/C33H38ClN5O7/c1-6-45-32(41)29-24(36-18(2)27(31(40)44-5)28(29)20-9-7-8-10-22(20)34)17-46-19-11-13-39(14-12-19)33-37-23-16-26(43-4)25(42-3)15-21(23)30(35)38-33/h7-10,15-16,19,27-28H,6,11-14,17H2,1-5H3,(H2,35,37,38). The summed E-state index contributed by atoms with van der Waals surface area (Å²) in [5.41, 5.74) is 8.71. The van der Waals surface area contributed by atoms with Gasteiger partial charge in [-0.2, -0.15) is 4.98 Å². The maximum atomic E-state index is 13.5. The summed E-state index contributed by atoms with van der Waals surface area (Å²) in [4.78, 5) is 42.6. The molecule has 13 heteroatoms. The topological polar surface area (TPSA) is 148 Å². The van der Waals surface area contributed by atoms with Gasteiger partial charge in [0.05, 0.1) is 57.4 Å². The Morgan fingerprint density at radius 2 is 1.74 bits per heavy atom. The molecule has 12 nitrogen and oxygen atoms in total. The summed E-state index contributed by atoms with van der Waals surface area (Å²) in [7, 11) is 4.44. The molecule has 1 fully saturated rings. The number of nitrogens with zero attached hydrogens (tertiary/aromatic N) is 4. The second kappa shape index (κ2) is 14.3. The molecular formula is C33H38ClN5O7. The van der Waals surface area contributed by atoms with E-state index in [1.165, 1.54) is 7.11 Å². The molecule has 1 saturated heterocycles. The van der Waals surface area contributed by atoms with Crippen LogP contribution in [-0.4, -0.2) is 81.4 Å². The van der Waals surface area contributed by atoms with E-state index in [0.29, 0.717) is 82.1 Å². The molecule has 0 bridgehead atoms. The van der Waals surface area contributed by atoms with Gasteiger partial charge < -0.3 is 34.3 Å². The summed E-state index contributed by atoms with van der Waals surface area (Å²) >= 11 is 6.61. The zero-order valence-corrected chi connectivity index (χ0v) is 27.3. The number of fused-ring (bicyclic) bond motifs is 1. The summed E-state index contributed by atoms with van der Waals surface area (Å²) in [5.74, 6) is -0.736. The average molecular weight is 652 g/mol. The van der Waals surface area contributed by atoms with Crippen LogP contribution in [0.25, 0.3) is 10.9 Å². The van der Waals surface area contributed by atoms with Gasteiger partial charge in [-0.15, -0.1) is 0 Å². The number of ether oxygens (including phenoxy) is 5. The number of aromatic nitrogens is 2. The molecule has 46 heavy (non-hydrogen) atoms. The fourth-order valence-corrected chi connectivity index (χ4v) is 6.27. The summed E-state index contributed by atoms with van der Waals surface area (Å²) in [5, 5.41) is 1.10. The van der Waals surface area contributed by atoms with Gasteiger partial charge in [-0.25, -0.2) is 9.78 Å².